The lowest BCUT2D eigenvalue weighted by atomic mass is 10.1. The molecule has 0 bridgehead atoms. The molecule has 0 fully saturated rings. The van der Waals surface area contributed by atoms with E-state index >= 15 is 0 Å². The molecule has 0 N–H and O–H groups in total. The van der Waals surface area contributed by atoms with Crippen LogP contribution in [0.15, 0.2) is 24.3 Å². The fourth-order valence-electron chi connectivity index (χ4n) is 2.93. The highest BCUT2D eigenvalue weighted by Crippen LogP contribution is 2.14. The molecular weight excluding hydrogens is 376 g/mol. The molecule has 28 heavy (non-hydrogen) atoms. The monoisotopic (exact) mass is 410 g/mol. The van der Waals surface area contributed by atoms with E-state index in [2.05, 4.69) is 6.92 Å². The third kappa shape index (κ3) is 10.7. The summed E-state index contributed by atoms with van der Waals surface area (Å²) >= 11 is 5.66. The van der Waals surface area contributed by atoms with Crippen LogP contribution in [0, 0.1) is 0 Å². The first-order valence-electron chi connectivity index (χ1n) is 10.7. The van der Waals surface area contributed by atoms with Crippen LogP contribution in [0.5, 0.6) is 0 Å². The number of benzene rings is 1. The third-order valence-corrected chi connectivity index (χ3v) is 4.88. The fraction of sp³-hybridized carbons (Fsp3) is 0.652. The normalized spacial score (nSPS) is 10.6. The predicted molar refractivity (Wildman–Crippen MR) is 114 cm³/mol. The van der Waals surface area contributed by atoms with Crippen LogP contribution in [0.3, 0.4) is 0 Å². The molecule has 0 aliphatic rings. The molecule has 0 saturated carbocycles. The second kappa shape index (κ2) is 16.4. The summed E-state index contributed by atoms with van der Waals surface area (Å²) in [4.78, 5) is 24.7. The van der Waals surface area contributed by atoms with Crippen LogP contribution >= 0.6 is 11.6 Å². The predicted octanol–water partition coefficient (Wildman–Crippen LogP) is 6.55. The number of ether oxygens (including phenoxy) is 2. The standard InChI is InChI=1S/C23H35ClO4/c1-2-3-4-8-13-18-27-22(25)20-15-10-11-16-21(20)23(26)28-19-14-9-6-5-7-12-17-24/h10-11,15-16H,2-9,12-14,17-19H2,1H3. The molecule has 0 aliphatic heterocycles. The van der Waals surface area contributed by atoms with Crippen molar-refractivity contribution in [3.63, 3.8) is 0 Å². The molecule has 0 spiro atoms. The van der Waals surface area contributed by atoms with Gasteiger partial charge in [0.2, 0.25) is 0 Å². The Balaban J connectivity index is 2.34. The number of rotatable bonds is 16. The van der Waals surface area contributed by atoms with Crippen LogP contribution in [0.4, 0.5) is 0 Å². The van der Waals surface area contributed by atoms with E-state index in [0.717, 1.165) is 63.7 Å². The minimum atomic E-state index is -0.461. The minimum absolute atomic E-state index is 0.278. The van der Waals surface area contributed by atoms with Crippen LogP contribution in [-0.2, 0) is 9.47 Å². The van der Waals surface area contributed by atoms with E-state index in [-0.39, 0.29) is 11.1 Å². The largest absolute Gasteiger partial charge is 0.462 e. The first-order valence-corrected chi connectivity index (χ1v) is 11.2. The topological polar surface area (TPSA) is 52.6 Å². The van der Waals surface area contributed by atoms with Crippen molar-refractivity contribution in [2.75, 3.05) is 19.1 Å². The highest BCUT2D eigenvalue weighted by molar-refractivity contribution is 6.17. The Bertz CT molecular complexity index is 559. The second-order valence-electron chi connectivity index (χ2n) is 7.04. The summed E-state index contributed by atoms with van der Waals surface area (Å²) in [5.74, 6) is -0.196. The number of hydrogen-bond donors (Lipinski definition) is 0. The second-order valence-corrected chi connectivity index (χ2v) is 7.42. The molecule has 0 unspecified atom stereocenters. The van der Waals surface area contributed by atoms with Crippen molar-refractivity contribution in [3.8, 4) is 0 Å². The molecule has 0 atom stereocenters. The van der Waals surface area contributed by atoms with E-state index in [9.17, 15) is 9.59 Å². The SMILES string of the molecule is CCCCCCCOC(=O)c1ccccc1C(=O)OCCCCCCCCCl. The lowest BCUT2D eigenvalue weighted by molar-refractivity contribution is 0.0450. The molecule has 4 nitrogen and oxygen atoms in total. The number of carbonyl (C=O) groups is 2. The van der Waals surface area contributed by atoms with Gasteiger partial charge in [-0.25, -0.2) is 9.59 Å². The summed E-state index contributed by atoms with van der Waals surface area (Å²) in [6, 6.07) is 6.70. The van der Waals surface area contributed by atoms with Gasteiger partial charge in [0.1, 0.15) is 0 Å². The van der Waals surface area contributed by atoms with Gasteiger partial charge in [0.05, 0.1) is 24.3 Å². The Morgan fingerprint density at radius 3 is 1.61 bits per heavy atom. The number of esters is 2. The van der Waals surface area contributed by atoms with Gasteiger partial charge in [0.25, 0.3) is 0 Å². The van der Waals surface area contributed by atoms with Crippen molar-refractivity contribution in [2.24, 2.45) is 0 Å². The first kappa shape index (κ1) is 24.5. The van der Waals surface area contributed by atoms with Gasteiger partial charge < -0.3 is 9.47 Å². The average molecular weight is 411 g/mol. The average Bonchev–Trinajstić information content (AvgIpc) is 2.72. The molecule has 5 heteroatoms. The quantitative estimate of drug-likeness (QED) is 0.176. The summed E-state index contributed by atoms with van der Waals surface area (Å²) in [7, 11) is 0. The zero-order valence-electron chi connectivity index (χ0n) is 17.2. The Kier molecular flexibility index (Phi) is 14.4. The molecule has 0 aromatic heterocycles. The van der Waals surface area contributed by atoms with Gasteiger partial charge in [0.15, 0.2) is 0 Å². The van der Waals surface area contributed by atoms with Crippen molar-refractivity contribution in [3.05, 3.63) is 35.4 Å². The van der Waals surface area contributed by atoms with Crippen molar-refractivity contribution in [1.29, 1.82) is 0 Å². The molecule has 0 aliphatic carbocycles. The molecule has 1 rings (SSSR count). The van der Waals surface area contributed by atoms with Crippen LogP contribution in [0.25, 0.3) is 0 Å². The van der Waals surface area contributed by atoms with E-state index in [1.54, 1.807) is 24.3 Å². The van der Waals surface area contributed by atoms with Crippen LogP contribution in [0.2, 0.25) is 0 Å². The Morgan fingerprint density at radius 1 is 0.714 bits per heavy atom. The number of unbranched alkanes of at least 4 members (excludes halogenated alkanes) is 9. The summed E-state index contributed by atoms with van der Waals surface area (Å²) in [6.07, 6.45) is 11.8. The van der Waals surface area contributed by atoms with E-state index in [1.165, 1.54) is 12.8 Å². The van der Waals surface area contributed by atoms with Crippen molar-refractivity contribution >= 4 is 23.5 Å². The maximum absolute atomic E-state index is 12.3. The van der Waals surface area contributed by atoms with Crippen molar-refractivity contribution in [1.82, 2.24) is 0 Å². The van der Waals surface area contributed by atoms with E-state index < -0.39 is 11.9 Å². The van der Waals surface area contributed by atoms with Gasteiger partial charge in [-0.3, -0.25) is 0 Å². The van der Waals surface area contributed by atoms with E-state index in [1.807, 2.05) is 0 Å². The minimum Gasteiger partial charge on any atom is -0.462 e. The number of halogens is 1. The summed E-state index contributed by atoms with van der Waals surface area (Å²) in [6.45, 7) is 2.92. The molecule has 0 radical (unpaired) electrons. The molecule has 1 aromatic rings. The highest BCUT2D eigenvalue weighted by Gasteiger charge is 2.18. The number of alkyl halides is 1. The molecule has 0 amide bonds. The first-order chi connectivity index (χ1) is 13.7. The summed E-state index contributed by atoms with van der Waals surface area (Å²) in [5, 5.41) is 0. The lowest BCUT2D eigenvalue weighted by Gasteiger charge is -2.10. The van der Waals surface area contributed by atoms with Crippen LogP contribution in [0.1, 0.15) is 98.3 Å². The molecule has 0 heterocycles. The maximum atomic E-state index is 12.3. The Hall–Kier alpha value is -1.55. The van der Waals surface area contributed by atoms with Crippen LogP contribution in [-0.4, -0.2) is 31.0 Å². The van der Waals surface area contributed by atoms with Gasteiger partial charge >= 0.3 is 11.9 Å². The molecule has 1 aromatic carbocycles. The van der Waals surface area contributed by atoms with Gasteiger partial charge in [-0.2, -0.15) is 0 Å². The van der Waals surface area contributed by atoms with E-state index in [0.29, 0.717) is 13.2 Å². The lowest BCUT2D eigenvalue weighted by Crippen LogP contribution is -2.15. The smallest absolute Gasteiger partial charge is 0.339 e. The van der Waals surface area contributed by atoms with Gasteiger partial charge in [-0.1, -0.05) is 70.4 Å². The van der Waals surface area contributed by atoms with Crippen LogP contribution < -0.4 is 0 Å². The third-order valence-electron chi connectivity index (χ3n) is 4.61. The molecular formula is C23H35ClO4. The van der Waals surface area contributed by atoms with Crippen molar-refractivity contribution in [2.45, 2.75) is 77.6 Å². The highest BCUT2D eigenvalue weighted by atomic mass is 35.5. The van der Waals surface area contributed by atoms with Gasteiger partial charge in [0, 0.05) is 5.88 Å². The Labute approximate surface area is 174 Å². The number of hydrogen-bond acceptors (Lipinski definition) is 4. The molecule has 0 saturated heterocycles. The van der Waals surface area contributed by atoms with Gasteiger partial charge in [-0.15, -0.1) is 11.6 Å². The van der Waals surface area contributed by atoms with Crippen molar-refractivity contribution < 1.29 is 19.1 Å². The zero-order valence-corrected chi connectivity index (χ0v) is 18.0. The Morgan fingerprint density at radius 2 is 1.14 bits per heavy atom. The zero-order chi connectivity index (χ0) is 20.5. The fourth-order valence-corrected chi connectivity index (χ4v) is 3.12. The number of carbonyl (C=O) groups excluding carboxylic acids is 2. The summed E-state index contributed by atoms with van der Waals surface area (Å²) < 4.78 is 10.7. The maximum Gasteiger partial charge on any atom is 0.339 e. The van der Waals surface area contributed by atoms with E-state index in [4.69, 9.17) is 21.1 Å². The molecule has 158 valence electrons. The summed E-state index contributed by atoms with van der Waals surface area (Å²) in [5.41, 5.74) is 0.558. The van der Waals surface area contributed by atoms with Gasteiger partial charge in [-0.05, 0) is 31.4 Å².